The van der Waals surface area contributed by atoms with E-state index in [4.69, 9.17) is 17.3 Å². The molecule has 13 heteroatoms. The molecule has 1 aromatic heterocycles. The molecule has 12 nitrogen and oxygen atoms in total. The number of guanidine groups is 1. The Morgan fingerprint density at radius 1 is 1.18 bits per heavy atom. The van der Waals surface area contributed by atoms with E-state index in [1.807, 2.05) is 0 Å². The number of aromatic nitrogens is 2. The van der Waals surface area contributed by atoms with Crippen molar-refractivity contribution < 1.29 is 23.9 Å². The predicted molar refractivity (Wildman–Crippen MR) is 100 cm³/mol. The number of nitrogen functional groups attached to an aromatic ring is 1. The van der Waals surface area contributed by atoms with E-state index >= 15 is 0 Å². The summed E-state index contributed by atoms with van der Waals surface area (Å²) in [4.78, 5) is 47.0. The highest BCUT2D eigenvalue weighted by Gasteiger charge is 2.25. The SMILES string of the molecule is CCOC(=O)/N=C(\NC(=O)OCC)NC(=O)c1nc(Cl)c(NC2CC2)nc1N. The molecule has 1 heterocycles. The molecule has 5 N–H and O–H groups in total. The van der Waals surface area contributed by atoms with Crippen LogP contribution in [0.4, 0.5) is 21.2 Å². The number of amides is 3. The maximum Gasteiger partial charge on any atom is 0.436 e. The number of nitrogens with one attached hydrogen (secondary N) is 3. The van der Waals surface area contributed by atoms with Gasteiger partial charge >= 0.3 is 12.2 Å². The van der Waals surface area contributed by atoms with Crippen LogP contribution in [0.15, 0.2) is 4.99 Å². The molecule has 2 rings (SSSR count). The van der Waals surface area contributed by atoms with E-state index in [9.17, 15) is 14.4 Å². The largest absolute Gasteiger partial charge is 0.450 e. The van der Waals surface area contributed by atoms with Gasteiger partial charge in [0.1, 0.15) is 0 Å². The van der Waals surface area contributed by atoms with Gasteiger partial charge in [0.25, 0.3) is 5.91 Å². The molecule has 1 aliphatic carbocycles. The molecule has 3 amide bonds. The van der Waals surface area contributed by atoms with Gasteiger partial charge in [-0.1, -0.05) is 11.6 Å². The number of hydrogen-bond donors (Lipinski definition) is 4. The Morgan fingerprint density at radius 3 is 2.46 bits per heavy atom. The summed E-state index contributed by atoms with van der Waals surface area (Å²) in [5.74, 6) is -1.36. The summed E-state index contributed by atoms with van der Waals surface area (Å²) >= 11 is 6.04. The minimum atomic E-state index is -1.03. The van der Waals surface area contributed by atoms with Crippen LogP contribution in [0.3, 0.4) is 0 Å². The van der Waals surface area contributed by atoms with Crippen LogP contribution in [0.25, 0.3) is 0 Å². The minimum absolute atomic E-state index is 0.0477. The fourth-order valence-electron chi connectivity index (χ4n) is 1.87. The second kappa shape index (κ2) is 9.69. The Balaban J connectivity index is 2.17. The van der Waals surface area contributed by atoms with Crippen LogP contribution in [0.2, 0.25) is 5.15 Å². The van der Waals surface area contributed by atoms with Crippen LogP contribution in [0, 0.1) is 0 Å². The average molecular weight is 414 g/mol. The molecular formula is C15H20ClN7O5. The zero-order valence-electron chi connectivity index (χ0n) is 15.2. The zero-order valence-corrected chi connectivity index (χ0v) is 16.0. The van der Waals surface area contributed by atoms with Gasteiger partial charge in [-0.2, -0.15) is 0 Å². The third-order valence-corrected chi connectivity index (χ3v) is 3.48. The van der Waals surface area contributed by atoms with Gasteiger partial charge in [0.15, 0.2) is 22.5 Å². The molecular weight excluding hydrogens is 394 g/mol. The third-order valence-electron chi connectivity index (χ3n) is 3.21. The fraction of sp³-hybridized carbons (Fsp3) is 0.467. The Bertz CT molecular complexity index is 797. The quantitative estimate of drug-likeness (QED) is 0.410. The first-order valence-corrected chi connectivity index (χ1v) is 8.81. The summed E-state index contributed by atoms with van der Waals surface area (Å²) in [5, 5.41) is 7.29. The highest BCUT2D eigenvalue weighted by Crippen LogP contribution is 2.28. The molecule has 1 fully saturated rings. The molecule has 0 spiro atoms. The predicted octanol–water partition coefficient (Wildman–Crippen LogP) is 1.27. The number of nitrogens with two attached hydrogens (primary N) is 1. The van der Waals surface area contributed by atoms with E-state index in [-0.39, 0.29) is 41.7 Å². The number of carbonyl (C=O) groups is 3. The van der Waals surface area contributed by atoms with E-state index in [2.05, 4.69) is 40.4 Å². The van der Waals surface area contributed by atoms with Crippen molar-refractivity contribution in [2.45, 2.75) is 32.7 Å². The first-order chi connectivity index (χ1) is 13.3. The number of halogens is 1. The number of rotatable bonds is 5. The van der Waals surface area contributed by atoms with Crippen molar-refractivity contribution in [1.29, 1.82) is 0 Å². The zero-order chi connectivity index (χ0) is 20.7. The molecule has 0 bridgehead atoms. The number of ether oxygens (including phenoxy) is 2. The number of nitrogens with zero attached hydrogens (tertiary/aromatic N) is 3. The molecule has 0 aliphatic heterocycles. The topological polar surface area (TPSA) is 170 Å². The monoisotopic (exact) mass is 413 g/mol. The summed E-state index contributed by atoms with van der Waals surface area (Å²) in [6.45, 7) is 3.26. The van der Waals surface area contributed by atoms with Crippen molar-refractivity contribution in [2.24, 2.45) is 4.99 Å². The van der Waals surface area contributed by atoms with Crippen LogP contribution in [0.5, 0.6) is 0 Å². The van der Waals surface area contributed by atoms with Crippen molar-refractivity contribution in [2.75, 3.05) is 24.3 Å². The highest BCUT2D eigenvalue weighted by atomic mass is 35.5. The maximum atomic E-state index is 12.5. The van der Waals surface area contributed by atoms with E-state index < -0.39 is 24.1 Å². The van der Waals surface area contributed by atoms with Crippen molar-refractivity contribution in [3.63, 3.8) is 0 Å². The van der Waals surface area contributed by atoms with Gasteiger partial charge in [-0.3, -0.25) is 15.4 Å². The van der Waals surface area contributed by atoms with Crippen molar-refractivity contribution in [3.8, 4) is 0 Å². The van der Waals surface area contributed by atoms with E-state index in [1.54, 1.807) is 13.8 Å². The van der Waals surface area contributed by atoms with Gasteiger partial charge in [0.05, 0.1) is 13.2 Å². The number of aliphatic imine (C=N–C) groups is 1. The first kappa shape index (κ1) is 21.2. The lowest BCUT2D eigenvalue weighted by atomic mass is 10.3. The molecule has 0 aromatic carbocycles. The summed E-state index contributed by atoms with van der Waals surface area (Å²) in [6, 6.07) is 0.253. The number of anilines is 2. The number of alkyl carbamates (subject to hydrolysis) is 1. The van der Waals surface area contributed by atoms with Gasteiger partial charge in [-0.25, -0.2) is 19.6 Å². The standard InChI is InChI=1S/C15H20ClN7O5/c1-3-27-14(25)22-13(23-15(26)28-4-2)21-12(24)8-10(17)20-11(9(16)19-8)18-7-5-6-7/h7H,3-6H2,1-2H3,(H3,17,18,20)(H2,21,22,23,24,25,26). The summed E-state index contributed by atoms with van der Waals surface area (Å²) in [5.41, 5.74) is 5.47. The fourth-order valence-corrected chi connectivity index (χ4v) is 2.05. The molecule has 28 heavy (non-hydrogen) atoms. The van der Waals surface area contributed by atoms with Gasteiger partial charge in [0, 0.05) is 6.04 Å². The van der Waals surface area contributed by atoms with Gasteiger partial charge in [-0.15, -0.1) is 4.99 Å². The minimum Gasteiger partial charge on any atom is -0.450 e. The number of carbonyl (C=O) groups excluding carboxylic acids is 3. The molecule has 1 aliphatic rings. The Kier molecular flexibility index (Phi) is 7.32. The second-order valence-corrected chi connectivity index (χ2v) is 5.83. The highest BCUT2D eigenvalue weighted by molar-refractivity contribution is 6.32. The van der Waals surface area contributed by atoms with Crippen molar-refractivity contribution in [1.82, 2.24) is 20.6 Å². The summed E-state index contributed by atoms with van der Waals surface area (Å²) in [7, 11) is 0. The van der Waals surface area contributed by atoms with E-state index in [0.717, 1.165) is 12.8 Å². The molecule has 0 atom stereocenters. The van der Waals surface area contributed by atoms with E-state index in [0.29, 0.717) is 0 Å². The van der Waals surface area contributed by atoms with Crippen LogP contribution >= 0.6 is 11.6 Å². The molecule has 152 valence electrons. The van der Waals surface area contributed by atoms with Crippen LogP contribution in [0.1, 0.15) is 37.2 Å². The maximum absolute atomic E-state index is 12.5. The summed E-state index contributed by atoms with van der Waals surface area (Å²) in [6.07, 6.45) is -0.0108. The van der Waals surface area contributed by atoms with Crippen molar-refractivity contribution in [3.05, 3.63) is 10.8 Å². The van der Waals surface area contributed by atoms with Gasteiger partial charge in [-0.05, 0) is 26.7 Å². The van der Waals surface area contributed by atoms with Crippen LogP contribution < -0.4 is 21.7 Å². The molecule has 0 unspecified atom stereocenters. The third kappa shape index (κ3) is 6.23. The Morgan fingerprint density at radius 2 is 1.86 bits per heavy atom. The number of hydrogen-bond acceptors (Lipinski definition) is 9. The first-order valence-electron chi connectivity index (χ1n) is 8.44. The van der Waals surface area contributed by atoms with Gasteiger partial charge in [0.2, 0.25) is 5.96 Å². The van der Waals surface area contributed by atoms with E-state index in [1.165, 1.54) is 0 Å². The molecule has 1 aromatic rings. The summed E-state index contributed by atoms with van der Waals surface area (Å²) < 4.78 is 9.34. The van der Waals surface area contributed by atoms with Crippen LogP contribution in [-0.2, 0) is 9.47 Å². The van der Waals surface area contributed by atoms with Crippen molar-refractivity contribution >= 4 is 47.3 Å². The lowest BCUT2D eigenvalue weighted by Crippen LogP contribution is -2.45. The molecule has 1 saturated carbocycles. The second-order valence-electron chi connectivity index (χ2n) is 5.47. The van der Waals surface area contributed by atoms with Crippen LogP contribution in [-0.4, -0.2) is 53.3 Å². The smallest absolute Gasteiger partial charge is 0.436 e. The lowest BCUT2D eigenvalue weighted by Gasteiger charge is -2.12. The average Bonchev–Trinajstić information content (AvgIpc) is 3.42. The lowest BCUT2D eigenvalue weighted by molar-refractivity contribution is 0.0971. The Hall–Kier alpha value is -3.15. The molecule has 0 radical (unpaired) electrons. The molecule has 0 saturated heterocycles. The normalized spacial score (nSPS) is 13.5. The Labute approximate surface area is 165 Å². The van der Waals surface area contributed by atoms with Gasteiger partial charge < -0.3 is 20.5 Å².